The molecule has 0 atom stereocenters. The number of phenolic OH excluding ortho intramolecular Hbond substituents is 1. The molecule has 33 heavy (non-hydrogen) atoms. The van der Waals surface area contributed by atoms with Crippen LogP contribution in [0.5, 0.6) is 11.5 Å². The molecular weight excluding hydrogens is 469 g/mol. The quantitative estimate of drug-likeness (QED) is 0.287. The molecule has 0 aromatic heterocycles. The number of benzene rings is 2. The number of aromatic hydroxyl groups is 1. The highest BCUT2D eigenvalue weighted by molar-refractivity contribution is 6.91. The normalized spacial score (nSPS) is 10.6. The second kappa shape index (κ2) is 15.4. The third-order valence-electron chi connectivity index (χ3n) is 4.12. The van der Waals surface area contributed by atoms with E-state index in [2.05, 4.69) is 70.2 Å². The fourth-order valence-electron chi connectivity index (χ4n) is 2.80. The van der Waals surface area contributed by atoms with Crippen molar-refractivity contribution in [1.82, 2.24) is 0 Å². The number of rotatable bonds is 9. The van der Waals surface area contributed by atoms with Crippen LogP contribution in [0.25, 0.3) is 0 Å². The van der Waals surface area contributed by atoms with Crippen LogP contribution in [0.1, 0.15) is 5.56 Å². The summed E-state index contributed by atoms with van der Waals surface area (Å²) in [6.45, 7) is 17.4. The van der Waals surface area contributed by atoms with E-state index in [1.807, 2.05) is 18.2 Å². The summed E-state index contributed by atoms with van der Waals surface area (Å²) in [7, 11) is -1.71. The number of aliphatic carboxylic acids is 1. The zero-order chi connectivity index (χ0) is 25.5. The molecule has 0 aliphatic carbocycles. The topological polar surface area (TPSA) is 85.2 Å². The van der Waals surface area contributed by atoms with Crippen LogP contribution in [0, 0.1) is 0 Å². The van der Waals surface area contributed by atoms with E-state index in [-0.39, 0.29) is 5.75 Å². The first-order valence-electron chi connectivity index (χ1n) is 10.3. The summed E-state index contributed by atoms with van der Waals surface area (Å²) >= 11 is 0. The fraction of sp³-hybridized carbons (Fsp3) is 0.292. The average molecular weight is 505 g/mol. The number of methoxy groups -OCH3 is 1. The first-order chi connectivity index (χ1) is 15.4. The maximum absolute atomic E-state index is 9.25. The van der Waals surface area contributed by atoms with E-state index in [0.29, 0.717) is 15.5 Å². The summed E-state index contributed by atoms with van der Waals surface area (Å²) in [5.74, 6) is -0.301. The first kappa shape index (κ1) is 30.6. The van der Waals surface area contributed by atoms with Crippen molar-refractivity contribution >= 4 is 37.8 Å². The lowest BCUT2D eigenvalue weighted by Gasteiger charge is -2.33. The van der Waals surface area contributed by atoms with Gasteiger partial charge in [0, 0.05) is 6.08 Å². The smallest absolute Gasteiger partial charge is 0.327 e. The van der Waals surface area contributed by atoms with Gasteiger partial charge in [0.05, 0.1) is 7.11 Å². The number of carboxylic acids is 1. The molecule has 2 radical (unpaired) electrons. The van der Waals surface area contributed by atoms with Gasteiger partial charge in [-0.15, -0.1) is 6.58 Å². The molecule has 0 spiro atoms. The number of hydrogen-bond donors (Lipinski definition) is 2. The average Bonchev–Trinajstić information content (AvgIpc) is 2.76. The minimum absolute atomic E-state index is 0.172. The minimum Gasteiger partial charge on any atom is -0.504 e. The van der Waals surface area contributed by atoms with Gasteiger partial charge >= 0.3 is 14.5 Å². The molecule has 0 amide bonds. The fourth-order valence-corrected chi connectivity index (χ4v) is 11.7. The molecule has 2 aromatic carbocycles. The Labute approximate surface area is 202 Å². The van der Waals surface area contributed by atoms with Gasteiger partial charge in [-0.3, -0.25) is 0 Å². The molecule has 0 unspecified atom stereocenters. The van der Waals surface area contributed by atoms with E-state index >= 15 is 0 Å². The minimum atomic E-state index is -1.95. The standard InChI is InChI=1S/C11H20O2Si3.C10H12O2.C3H4O2/c1-14-12-16(4,5)13-15(2,3)11-9-7-6-8-10-11;1-3-4-8-5-6-9(11)10(7-8)12-2;1-2-3(4)5/h6-10H,1-5H3;3,5-7,11H,1,4H2,2H3;2H,1H2,(H,4,5). The van der Waals surface area contributed by atoms with Gasteiger partial charge in [0.1, 0.15) is 0 Å². The van der Waals surface area contributed by atoms with Gasteiger partial charge in [0.15, 0.2) is 11.5 Å². The Kier molecular flexibility index (Phi) is 14.3. The van der Waals surface area contributed by atoms with E-state index in [1.165, 1.54) is 12.3 Å². The summed E-state index contributed by atoms with van der Waals surface area (Å²) in [5, 5.41) is 18.2. The van der Waals surface area contributed by atoms with Gasteiger partial charge in [0.2, 0.25) is 18.1 Å². The highest BCUT2D eigenvalue weighted by Crippen LogP contribution is 2.26. The van der Waals surface area contributed by atoms with Gasteiger partial charge in [-0.1, -0.05) is 49.1 Å². The molecule has 0 saturated heterocycles. The lowest BCUT2D eigenvalue weighted by Crippen LogP contribution is -2.54. The zero-order valence-corrected chi connectivity index (χ0v) is 23.4. The summed E-state index contributed by atoms with van der Waals surface area (Å²) in [4.78, 5) is 9.25. The number of carbonyl (C=O) groups is 1. The third-order valence-corrected chi connectivity index (χ3v) is 12.6. The van der Waals surface area contributed by atoms with Gasteiger partial charge < -0.3 is 23.2 Å². The molecule has 0 heterocycles. The Hall–Kier alpha value is -2.44. The van der Waals surface area contributed by atoms with Crippen LogP contribution in [-0.2, 0) is 19.4 Å². The summed E-state index contributed by atoms with van der Waals surface area (Å²) < 4.78 is 17.0. The maximum atomic E-state index is 9.25. The number of ether oxygens (including phenoxy) is 1. The van der Waals surface area contributed by atoms with E-state index < -0.39 is 22.8 Å². The second-order valence-electron chi connectivity index (χ2n) is 7.73. The van der Waals surface area contributed by atoms with E-state index in [9.17, 15) is 9.90 Å². The maximum Gasteiger partial charge on any atom is 0.327 e. The Morgan fingerprint density at radius 2 is 1.67 bits per heavy atom. The van der Waals surface area contributed by atoms with Gasteiger partial charge in [-0.25, -0.2) is 4.79 Å². The van der Waals surface area contributed by atoms with Crippen LogP contribution < -0.4 is 9.92 Å². The van der Waals surface area contributed by atoms with Crippen LogP contribution in [0.3, 0.4) is 0 Å². The molecule has 0 fully saturated rings. The van der Waals surface area contributed by atoms with Crippen LogP contribution in [0.4, 0.5) is 0 Å². The lowest BCUT2D eigenvalue weighted by molar-refractivity contribution is -0.131. The van der Waals surface area contributed by atoms with Crippen LogP contribution in [0.2, 0.25) is 32.7 Å². The van der Waals surface area contributed by atoms with Crippen molar-refractivity contribution in [2.75, 3.05) is 7.11 Å². The van der Waals surface area contributed by atoms with Crippen LogP contribution in [-0.4, -0.2) is 49.9 Å². The van der Waals surface area contributed by atoms with Crippen LogP contribution >= 0.6 is 0 Å². The Balaban J connectivity index is 0.000000530. The summed E-state index contributed by atoms with van der Waals surface area (Å²) in [5.41, 5.74) is 1.08. The molecule has 180 valence electrons. The van der Waals surface area contributed by atoms with Crippen molar-refractivity contribution in [2.24, 2.45) is 0 Å². The Morgan fingerprint density at radius 1 is 1.09 bits per heavy atom. The Morgan fingerprint density at radius 3 is 2.12 bits per heavy atom. The predicted molar refractivity (Wildman–Crippen MR) is 141 cm³/mol. The molecular formula is C24H36O6Si3. The van der Waals surface area contributed by atoms with Crippen molar-refractivity contribution in [3.05, 3.63) is 79.4 Å². The molecule has 0 aliphatic rings. The third kappa shape index (κ3) is 13.0. The van der Waals surface area contributed by atoms with E-state index in [4.69, 9.17) is 18.1 Å². The van der Waals surface area contributed by atoms with Crippen molar-refractivity contribution < 1.29 is 28.0 Å². The van der Waals surface area contributed by atoms with Crippen LogP contribution in [0.15, 0.2) is 73.8 Å². The number of phenols is 1. The number of hydrogen-bond acceptors (Lipinski definition) is 5. The monoisotopic (exact) mass is 504 g/mol. The second-order valence-corrected chi connectivity index (χ2v) is 16.2. The molecule has 0 bridgehead atoms. The molecule has 9 heteroatoms. The Bertz CT molecular complexity index is 870. The zero-order valence-electron chi connectivity index (χ0n) is 20.4. The SMILES string of the molecule is C=CC(=O)O.C=CCc1ccc(O)c(OC)c1.C[Si]O[Si](C)(C)O[Si](C)(C)c1ccccc1. The highest BCUT2D eigenvalue weighted by atomic mass is 28.5. The van der Waals surface area contributed by atoms with Crippen molar-refractivity contribution in [1.29, 1.82) is 0 Å². The van der Waals surface area contributed by atoms with Gasteiger partial charge in [-0.05, 0) is 62.0 Å². The van der Waals surface area contributed by atoms with E-state index in [0.717, 1.165) is 18.1 Å². The molecule has 2 N–H and O–H groups in total. The molecule has 0 aliphatic heterocycles. The van der Waals surface area contributed by atoms with Crippen molar-refractivity contribution in [3.63, 3.8) is 0 Å². The summed E-state index contributed by atoms with van der Waals surface area (Å²) in [6.07, 6.45) is 3.43. The largest absolute Gasteiger partial charge is 0.504 e. The predicted octanol–water partition coefficient (Wildman–Crippen LogP) is 4.89. The van der Waals surface area contributed by atoms with Gasteiger partial charge in [0.25, 0.3) is 0 Å². The van der Waals surface area contributed by atoms with Crippen molar-refractivity contribution in [3.8, 4) is 11.5 Å². The number of carboxylic acid groups (broad SMARTS) is 1. The first-order valence-corrected chi connectivity index (χ1v) is 17.5. The highest BCUT2D eigenvalue weighted by Gasteiger charge is 2.35. The lowest BCUT2D eigenvalue weighted by atomic mass is 10.1. The molecule has 0 saturated carbocycles. The molecule has 6 nitrogen and oxygen atoms in total. The molecule has 2 aromatic rings. The van der Waals surface area contributed by atoms with Crippen molar-refractivity contribution in [2.45, 2.75) is 39.2 Å². The summed E-state index contributed by atoms with van der Waals surface area (Å²) in [6, 6.07) is 15.8. The molecule has 2 rings (SSSR count). The number of allylic oxidation sites excluding steroid dienone is 1. The van der Waals surface area contributed by atoms with E-state index in [1.54, 1.807) is 12.1 Å². The van der Waals surface area contributed by atoms with Gasteiger partial charge in [-0.2, -0.15) is 0 Å².